The number of ketones is 1. The van der Waals surface area contributed by atoms with E-state index in [2.05, 4.69) is 23.2 Å². The molecule has 0 aromatic carbocycles. The van der Waals surface area contributed by atoms with E-state index in [1.165, 1.54) is 11.1 Å². The second kappa shape index (κ2) is 6.91. The summed E-state index contributed by atoms with van der Waals surface area (Å²) in [6.07, 6.45) is 6.41. The number of rotatable bonds is 4. The molecule has 1 aromatic rings. The maximum absolute atomic E-state index is 12.0. The third-order valence-electron chi connectivity index (χ3n) is 5.44. The first-order chi connectivity index (χ1) is 11.5. The Labute approximate surface area is 142 Å². The van der Waals surface area contributed by atoms with E-state index >= 15 is 0 Å². The fourth-order valence-corrected chi connectivity index (χ4v) is 3.99. The van der Waals surface area contributed by atoms with Gasteiger partial charge in [-0.2, -0.15) is 5.10 Å². The normalized spacial score (nSPS) is 26.5. The smallest absolute Gasteiger partial charge is 0.309 e. The Morgan fingerprint density at radius 3 is 2.79 bits per heavy atom. The van der Waals surface area contributed by atoms with Crippen molar-refractivity contribution < 1.29 is 14.3 Å². The van der Waals surface area contributed by atoms with E-state index in [1.807, 2.05) is 6.92 Å². The van der Waals surface area contributed by atoms with Gasteiger partial charge < -0.3 is 4.74 Å². The zero-order valence-corrected chi connectivity index (χ0v) is 14.7. The molecule has 0 saturated carbocycles. The summed E-state index contributed by atoms with van der Waals surface area (Å²) >= 11 is 0. The Morgan fingerprint density at radius 2 is 2.12 bits per heavy atom. The number of aromatic amines is 1. The molecule has 1 heterocycles. The number of ether oxygens (including phenoxy) is 1. The highest BCUT2D eigenvalue weighted by Crippen LogP contribution is 2.37. The predicted octanol–water partition coefficient (Wildman–Crippen LogP) is 3.10. The molecule has 2 unspecified atom stereocenters. The van der Waals surface area contributed by atoms with Gasteiger partial charge in [-0.1, -0.05) is 13.0 Å². The number of H-pyrrole nitrogens is 1. The Balaban J connectivity index is 1.78. The molecule has 1 aromatic heterocycles. The Morgan fingerprint density at radius 1 is 1.33 bits per heavy atom. The van der Waals surface area contributed by atoms with Crippen molar-refractivity contribution in [3.8, 4) is 0 Å². The second-order valence-electron chi connectivity index (χ2n) is 7.03. The van der Waals surface area contributed by atoms with Gasteiger partial charge in [0.05, 0.1) is 18.2 Å². The van der Waals surface area contributed by atoms with Crippen LogP contribution >= 0.6 is 0 Å². The standard InChI is InChI=1S/C19H26N2O3/c1-4-24-19(23)15-7-6-14(9-11(15)2)18-16-8-5-13(12(3)22)10-17(16)20-21-18/h9,11,13,15H,4-8,10H2,1-3H3,(H,20,21)/t11-,13?,15?/m0/s1. The minimum absolute atomic E-state index is 0.0504. The fourth-order valence-electron chi connectivity index (χ4n) is 3.99. The molecule has 2 aliphatic rings. The fraction of sp³-hybridized carbons (Fsp3) is 0.632. The highest BCUT2D eigenvalue weighted by atomic mass is 16.5. The number of nitrogens with one attached hydrogen (secondary N) is 1. The van der Waals surface area contributed by atoms with Gasteiger partial charge in [-0.3, -0.25) is 14.7 Å². The maximum atomic E-state index is 12.0. The first-order valence-corrected chi connectivity index (χ1v) is 8.95. The number of aromatic nitrogens is 2. The number of allylic oxidation sites excluding steroid dienone is 2. The van der Waals surface area contributed by atoms with Crippen LogP contribution < -0.4 is 0 Å². The van der Waals surface area contributed by atoms with Gasteiger partial charge in [0.25, 0.3) is 0 Å². The molecule has 0 bridgehead atoms. The molecule has 3 rings (SSSR count). The van der Waals surface area contributed by atoms with Crippen molar-refractivity contribution in [2.75, 3.05) is 6.61 Å². The van der Waals surface area contributed by atoms with Gasteiger partial charge in [0.2, 0.25) is 0 Å². The van der Waals surface area contributed by atoms with E-state index in [0.717, 1.165) is 43.5 Å². The van der Waals surface area contributed by atoms with Crippen molar-refractivity contribution >= 4 is 17.3 Å². The molecule has 3 atom stereocenters. The number of esters is 1. The summed E-state index contributed by atoms with van der Waals surface area (Å²) in [4.78, 5) is 23.7. The van der Waals surface area contributed by atoms with Crippen LogP contribution in [0.4, 0.5) is 0 Å². The third-order valence-corrected chi connectivity index (χ3v) is 5.44. The number of fused-ring (bicyclic) bond motifs is 1. The molecular formula is C19H26N2O3. The van der Waals surface area contributed by atoms with E-state index < -0.39 is 0 Å². The van der Waals surface area contributed by atoms with Crippen molar-refractivity contribution in [2.45, 2.75) is 52.9 Å². The topological polar surface area (TPSA) is 72.0 Å². The van der Waals surface area contributed by atoms with E-state index in [1.54, 1.807) is 6.92 Å². The van der Waals surface area contributed by atoms with Crippen molar-refractivity contribution in [1.29, 1.82) is 0 Å². The predicted molar refractivity (Wildman–Crippen MR) is 91.3 cm³/mol. The molecule has 130 valence electrons. The molecule has 2 aliphatic carbocycles. The molecule has 0 fully saturated rings. The number of nitrogens with zero attached hydrogens (tertiary/aromatic N) is 1. The molecule has 0 aliphatic heterocycles. The molecule has 5 nitrogen and oxygen atoms in total. The van der Waals surface area contributed by atoms with Crippen LogP contribution in [0.25, 0.3) is 5.57 Å². The minimum atomic E-state index is -0.0892. The molecule has 0 saturated heterocycles. The summed E-state index contributed by atoms with van der Waals surface area (Å²) in [5.74, 6) is 0.408. The Bertz CT molecular complexity index is 674. The summed E-state index contributed by atoms with van der Waals surface area (Å²) in [6, 6.07) is 0. The number of hydrogen-bond donors (Lipinski definition) is 1. The van der Waals surface area contributed by atoms with Gasteiger partial charge in [0, 0.05) is 17.2 Å². The van der Waals surface area contributed by atoms with Crippen LogP contribution in [0.3, 0.4) is 0 Å². The van der Waals surface area contributed by atoms with Crippen LogP contribution in [-0.2, 0) is 27.2 Å². The van der Waals surface area contributed by atoms with Gasteiger partial charge in [-0.05, 0) is 57.4 Å². The molecule has 0 amide bonds. The first-order valence-electron chi connectivity index (χ1n) is 8.95. The quantitative estimate of drug-likeness (QED) is 0.861. The number of Topliss-reactive ketones (excluding diaryl/α,β-unsaturated/α-hetero) is 1. The second-order valence-corrected chi connectivity index (χ2v) is 7.03. The zero-order valence-electron chi connectivity index (χ0n) is 14.7. The summed E-state index contributed by atoms with van der Waals surface area (Å²) < 4.78 is 5.18. The van der Waals surface area contributed by atoms with Crippen molar-refractivity contribution in [2.24, 2.45) is 17.8 Å². The van der Waals surface area contributed by atoms with E-state index in [4.69, 9.17) is 4.74 Å². The number of hydrogen-bond acceptors (Lipinski definition) is 4. The summed E-state index contributed by atoms with van der Waals surface area (Å²) in [5.41, 5.74) is 4.64. The SMILES string of the molecule is CCOC(=O)C1CCC(c2n[nH]c3c2CCC(C(C)=O)C3)=C[C@@H]1C. The highest BCUT2D eigenvalue weighted by molar-refractivity contribution is 5.79. The summed E-state index contributed by atoms with van der Waals surface area (Å²) in [6.45, 7) is 6.03. The molecule has 0 spiro atoms. The van der Waals surface area contributed by atoms with Crippen LogP contribution in [0.1, 0.15) is 57.0 Å². The van der Waals surface area contributed by atoms with Crippen LogP contribution in [0.15, 0.2) is 6.08 Å². The van der Waals surface area contributed by atoms with Crippen LogP contribution in [0.5, 0.6) is 0 Å². The third kappa shape index (κ3) is 3.17. The van der Waals surface area contributed by atoms with Gasteiger partial charge in [-0.25, -0.2) is 0 Å². The average molecular weight is 330 g/mol. The Hall–Kier alpha value is -1.91. The van der Waals surface area contributed by atoms with Crippen LogP contribution in [0, 0.1) is 17.8 Å². The monoisotopic (exact) mass is 330 g/mol. The molecule has 24 heavy (non-hydrogen) atoms. The van der Waals surface area contributed by atoms with Gasteiger partial charge in [-0.15, -0.1) is 0 Å². The van der Waals surface area contributed by atoms with Crippen molar-refractivity contribution in [1.82, 2.24) is 10.2 Å². The zero-order chi connectivity index (χ0) is 17.3. The summed E-state index contributed by atoms with van der Waals surface area (Å²) in [7, 11) is 0. The lowest BCUT2D eigenvalue weighted by atomic mass is 9.78. The van der Waals surface area contributed by atoms with Crippen LogP contribution in [-0.4, -0.2) is 28.6 Å². The lowest BCUT2D eigenvalue weighted by Crippen LogP contribution is -2.26. The van der Waals surface area contributed by atoms with Gasteiger partial charge in [0.1, 0.15) is 5.78 Å². The lowest BCUT2D eigenvalue weighted by Gasteiger charge is -2.26. The van der Waals surface area contributed by atoms with Crippen LogP contribution in [0.2, 0.25) is 0 Å². The molecular weight excluding hydrogens is 304 g/mol. The van der Waals surface area contributed by atoms with Gasteiger partial charge in [0.15, 0.2) is 0 Å². The van der Waals surface area contributed by atoms with Gasteiger partial charge >= 0.3 is 5.97 Å². The maximum Gasteiger partial charge on any atom is 0.309 e. The minimum Gasteiger partial charge on any atom is -0.466 e. The number of carbonyl (C=O) groups is 2. The van der Waals surface area contributed by atoms with Crippen molar-refractivity contribution in [3.05, 3.63) is 23.0 Å². The highest BCUT2D eigenvalue weighted by Gasteiger charge is 2.32. The number of carbonyl (C=O) groups excluding carboxylic acids is 2. The van der Waals surface area contributed by atoms with E-state index in [-0.39, 0.29) is 29.5 Å². The lowest BCUT2D eigenvalue weighted by molar-refractivity contribution is -0.149. The molecule has 0 radical (unpaired) electrons. The van der Waals surface area contributed by atoms with Crippen molar-refractivity contribution in [3.63, 3.8) is 0 Å². The van der Waals surface area contributed by atoms with E-state index in [0.29, 0.717) is 6.61 Å². The van der Waals surface area contributed by atoms with E-state index in [9.17, 15) is 9.59 Å². The molecule has 5 heteroatoms. The first kappa shape index (κ1) is 16.9. The Kier molecular flexibility index (Phi) is 4.88. The summed E-state index contributed by atoms with van der Waals surface area (Å²) in [5, 5.41) is 7.68. The molecule has 1 N–H and O–H groups in total. The largest absolute Gasteiger partial charge is 0.466 e. The average Bonchev–Trinajstić information content (AvgIpc) is 2.97.